The van der Waals surface area contributed by atoms with Crippen LogP contribution in [0.3, 0.4) is 0 Å². The number of methoxy groups -OCH3 is 1. The molecule has 3 rings (SSSR count). The first-order valence-corrected chi connectivity index (χ1v) is 9.59. The lowest BCUT2D eigenvalue weighted by atomic mass is 9.83. The maximum Gasteiger partial charge on any atom is 0.160 e. The highest BCUT2D eigenvalue weighted by Gasteiger charge is 2.30. The molecule has 0 amide bonds. The quantitative estimate of drug-likeness (QED) is 0.746. The Labute approximate surface area is 153 Å². The van der Waals surface area contributed by atoms with Crippen LogP contribution in [0.1, 0.15) is 57.1 Å². The number of ketones is 1. The number of carbonyl (C=O) groups excluding carboxylic acids is 1. The van der Waals surface area contributed by atoms with Gasteiger partial charge in [-0.1, -0.05) is 19.3 Å². The lowest BCUT2D eigenvalue weighted by Gasteiger charge is -2.36. The van der Waals surface area contributed by atoms with Crippen molar-refractivity contribution in [2.24, 2.45) is 5.92 Å². The monoisotopic (exact) mass is 391 g/mol. The van der Waals surface area contributed by atoms with Gasteiger partial charge < -0.3 is 10.1 Å². The summed E-state index contributed by atoms with van der Waals surface area (Å²) in [7, 11) is 1.68. The second-order valence-corrected chi connectivity index (χ2v) is 8.48. The van der Waals surface area contributed by atoms with Crippen molar-refractivity contribution in [1.29, 1.82) is 0 Å². The van der Waals surface area contributed by atoms with E-state index in [1.165, 1.54) is 24.8 Å². The van der Waals surface area contributed by atoms with Gasteiger partial charge in [-0.2, -0.15) is 0 Å². The molecule has 1 N–H and O–H groups in total. The summed E-state index contributed by atoms with van der Waals surface area (Å²) in [6, 6.07) is 4.15. The summed E-state index contributed by atoms with van der Waals surface area (Å²) in [4.78, 5) is 12.7. The fraction of sp³-hybridized carbons (Fsp3) is 0.550. The van der Waals surface area contributed by atoms with Gasteiger partial charge in [-0.3, -0.25) is 4.79 Å². The number of hydrogen-bond donors (Lipinski definition) is 1. The van der Waals surface area contributed by atoms with Gasteiger partial charge in [0.2, 0.25) is 0 Å². The Bertz CT molecular complexity index is 672. The van der Waals surface area contributed by atoms with Crippen LogP contribution in [0.25, 0.3) is 5.70 Å². The third-order valence-electron chi connectivity index (χ3n) is 5.07. The van der Waals surface area contributed by atoms with Gasteiger partial charge in [0.1, 0.15) is 5.75 Å². The Balaban J connectivity index is 1.97. The molecular formula is C20H26BrNO2. The van der Waals surface area contributed by atoms with E-state index < -0.39 is 0 Å². The SMILES string of the molecule is COc1cc2c(cc1Br)/C(=C/C(=O)C1CCCCC1)NC(C)(C)C2. The fourth-order valence-corrected chi connectivity index (χ4v) is 4.37. The topological polar surface area (TPSA) is 38.3 Å². The third-order valence-corrected chi connectivity index (χ3v) is 5.69. The first kappa shape index (κ1) is 17.5. The third kappa shape index (κ3) is 3.69. The number of hydrogen-bond acceptors (Lipinski definition) is 3. The Hall–Kier alpha value is -1.29. The average molecular weight is 392 g/mol. The maximum atomic E-state index is 12.7. The van der Waals surface area contributed by atoms with Gasteiger partial charge in [0, 0.05) is 28.8 Å². The second-order valence-electron chi connectivity index (χ2n) is 7.62. The minimum atomic E-state index is -0.0789. The maximum absolute atomic E-state index is 12.7. The Morgan fingerprint density at radius 2 is 2.00 bits per heavy atom. The summed E-state index contributed by atoms with van der Waals surface area (Å²) in [6.07, 6.45) is 8.43. The number of nitrogens with one attached hydrogen (secondary N) is 1. The fourth-order valence-electron chi connectivity index (χ4n) is 3.86. The van der Waals surface area contributed by atoms with Gasteiger partial charge in [-0.25, -0.2) is 0 Å². The first-order valence-electron chi connectivity index (χ1n) is 8.80. The summed E-state index contributed by atoms with van der Waals surface area (Å²) in [5.74, 6) is 1.31. The highest BCUT2D eigenvalue weighted by molar-refractivity contribution is 9.10. The van der Waals surface area contributed by atoms with Crippen LogP contribution in [0.2, 0.25) is 0 Å². The van der Waals surface area contributed by atoms with Crippen LogP contribution in [0.5, 0.6) is 5.75 Å². The van der Waals surface area contributed by atoms with Crippen molar-refractivity contribution >= 4 is 27.4 Å². The summed E-state index contributed by atoms with van der Waals surface area (Å²) in [5.41, 5.74) is 3.19. The number of carbonyl (C=O) groups is 1. The van der Waals surface area contributed by atoms with E-state index in [2.05, 4.69) is 47.2 Å². The minimum Gasteiger partial charge on any atom is -0.496 e. The Kier molecular flexibility index (Phi) is 5.05. The highest BCUT2D eigenvalue weighted by atomic mass is 79.9. The van der Waals surface area contributed by atoms with Crippen LogP contribution >= 0.6 is 15.9 Å². The van der Waals surface area contributed by atoms with Crippen molar-refractivity contribution in [1.82, 2.24) is 5.32 Å². The number of fused-ring (bicyclic) bond motifs is 1. The van der Waals surface area contributed by atoms with Crippen molar-refractivity contribution in [2.45, 2.75) is 57.9 Å². The number of ether oxygens (including phenoxy) is 1. The van der Waals surface area contributed by atoms with Gasteiger partial charge in [0.25, 0.3) is 0 Å². The molecule has 0 saturated heterocycles. The van der Waals surface area contributed by atoms with E-state index in [4.69, 9.17) is 4.74 Å². The minimum absolute atomic E-state index is 0.0789. The molecule has 130 valence electrons. The molecule has 1 aliphatic carbocycles. The molecule has 1 heterocycles. The van der Waals surface area contributed by atoms with Crippen LogP contribution in [0, 0.1) is 5.92 Å². The number of benzene rings is 1. The van der Waals surface area contributed by atoms with Gasteiger partial charge in [0.15, 0.2) is 5.78 Å². The van der Waals surface area contributed by atoms with E-state index in [0.29, 0.717) is 0 Å². The molecule has 0 aromatic heterocycles. The van der Waals surface area contributed by atoms with E-state index in [9.17, 15) is 4.79 Å². The van der Waals surface area contributed by atoms with Crippen molar-refractivity contribution in [2.75, 3.05) is 7.11 Å². The lowest BCUT2D eigenvalue weighted by Crippen LogP contribution is -2.44. The smallest absolute Gasteiger partial charge is 0.160 e. The zero-order valence-corrected chi connectivity index (χ0v) is 16.3. The molecule has 1 aromatic rings. The van der Waals surface area contributed by atoms with Crippen LogP contribution in [-0.2, 0) is 11.2 Å². The molecule has 4 heteroatoms. The highest BCUT2D eigenvalue weighted by Crippen LogP contribution is 2.37. The number of halogens is 1. The Morgan fingerprint density at radius 1 is 1.29 bits per heavy atom. The molecule has 1 aliphatic heterocycles. The van der Waals surface area contributed by atoms with Gasteiger partial charge in [-0.15, -0.1) is 0 Å². The molecule has 0 radical (unpaired) electrons. The predicted molar refractivity (Wildman–Crippen MR) is 101 cm³/mol. The van der Waals surface area contributed by atoms with E-state index in [0.717, 1.165) is 40.7 Å². The molecule has 1 aromatic carbocycles. The van der Waals surface area contributed by atoms with E-state index >= 15 is 0 Å². The van der Waals surface area contributed by atoms with Crippen LogP contribution in [0.15, 0.2) is 22.7 Å². The first-order chi connectivity index (χ1) is 11.4. The molecule has 1 saturated carbocycles. The molecule has 1 fully saturated rings. The molecule has 2 aliphatic rings. The molecule has 0 atom stereocenters. The second kappa shape index (κ2) is 6.91. The Morgan fingerprint density at radius 3 is 2.67 bits per heavy atom. The van der Waals surface area contributed by atoms with Gasteiger partial charge in [0.05, 0.1) is 11.6 Å². The molecule has 3 nitrogen and oxygen atoms in total. The summed E-state index contributed by atoms with van der Waals surface area (Å²) in [6.45, 7) is 4.34. The van der Waals surface area contributed by atoms with E-state index in [1.54, 1.807) is 7.11 Å². The number of allylic oxidation sites excluding steroid dienone is 1. The summed E-state index contributed by atoms with van der Waals surface area (Å²) in [5, 5.41) is 3.56. The largest absolute Gasteiger partial charge is 0.496 e. The zero-order chi connectivity index (χ0) is 17.3. The molecule has 0 spiro atoms. The molecule has 24 heavy (non-hydrogen) atoms. The zero-order valence-electron chi connectivity index (χ0n) is 14.7. The number of rotatable bonds is 3. The van der Waals surface area contributed by atoms with Crippen molar-refractivity contribution in [3.05, 3.63) is 33.8 Å². The van der Waals surface area contributed by atoms with E-state index in [1.807, 2.05) is 6.08 Å². The normalized spacial score (nSPS) is 21.9. The predicted octanol–water partition coefficient (Wildman–Crippen LogP) is 4.87. The van der Waals surface area contributed by atoms with Crippen LogP contribution in [-0.4, -0.2) is 18.4 Å². The van der Waals surface area contributed by atoms with Crippen molar-refractivity contribution in [3.63, 3.8) is 0 Å². The van der Waals surface area contributed by atoms with E-state index in [-0.39, 0.29) is 17.2 Å². The van der Waals surface area contributed by atoms with Crippen LogP contribution in [0.4, 0.5) is 0 Å². The summed E-state index contributed by atoms with van der Waals surface area (Å²) < 4.78 is 6.35. The molecular weight excluding hydrogens is 366 g/mol. The average Bonchev–Trinajstić information content (AvgIpc) is 2.55. The standard InChI is InChI=1S/C20H26BrNO2/c1-20(2)12-14-9-19(24-3)16(21)10-15(14)17(22-20)11-18(23)13-7-5-4-6-8-13/h9-11,13,22H,4-8,12H2,1-3H3/b17-11-. The van der Waals surface area contributed by atoms with Crippen molar-refractivity contribution < 1.29 is 9.53 Å². The van der Waals surface area contributed by atoms with Crippen molar-refractivity contribution in [3.8, 4) is 5.75 Å². The van der Waals surface area contributed by atoms with Crippen LogP contribution < -0.4 is 10.1 Å². The molecule has 0 unspecified atom stereocenters. The van der Waals surface area contributed by atoms with Gasteiger partial charge in [-0.05, 0) is 66.7 Å². The van der Waals surface area contributed by atoms with Gasteiger partial charge >= 0.3 is 0 Å². The molecule has 0 bridgehead atoms. The lowest BCUT2D eigenvalue weighted by molar-refractivity contribution is -0.119. The summed E-state index contributed by atoms with van der Waals surface area (Å²) >= 11 is 3.57.